The molecular weight excluding hydrogens is 316 g/mol. The highest BCUT2D eigenvalue weighted by molar-refractivity contribution is 9.10. The van der Waals surface area contributed by atoms with Crippen LogP contribution in [0, 0.1) is 0 Å². The van der Waals surface area contributed by atoms with E-state index >= 15 is 0 Å². The first-order valence-electron chi connectivity index (χ1n) is 5.67. The Morgan fingerprint density at radius 3 is 2.74 bits per heavy atom. The van der Waals surface area contributed by atoms with Crippen molar-refractivity contribution in [2.75, 3.05) is 12.3 Å². The minimum absolute atomic E-state index is 0.0110. The zero-order valence-corrected chi connectivity index (χ0v) is 11.5. The van der Waals surface area contributed by atoms with Crippen LogP contribution in [0.3, 0.4) is 0 Å². The highest BCUT2D eigenvalue weighted by Gasteiger charge is 2.39. The number of hydrogen-bond donors (Lipinski definition) is 3. The van der Waals surface area contributed by atoms with Gasteiger partial charge in [0.2, 0.25) is 0 Å². The lowest BCUT2D eigenvalue weighted by molar-refractivity contribution is -0.141. The standard InChI is InChI=1S/C12H13BrN2O4/c13-9-2-1-6(14)3-8(9)11(17)15-5-7(16)4-10(15)12(18)19/h1-3,7,10,16H,4-5,14H2,(H,18,19)/t7-,10+/m1/s1. The second-order valence-electron chi connectivity index (χ2n) is 4.44. The molecule has 1 amide bonds. The molecule has 1 aliphatic heterocycles. The van der Waals surface area contributed by atoms with Crippen LogP contribution in [0.15, 0.2) is 22.7 Å². The Kier molecular flexibility index (Phi) is 3.77. The Morgan fingerprint density at radius 2 is 2.11 bits per heavy atom. The SMILES string of the molecule is Nc1ccc(Br)c(C(=O)N2C[C@H](O)C[C@H]2C(=O)O)c1. The number of aliphatic hydroxyl groups is 1. The summed E-state index contributed by atoms with van der Waals surface area (Å²) in [4.78, 5) is 24.6. The summed E-state index contributed by atoms with van der Waals surface area (Å²) in [5.41, 5.74) is 6.34. The maximum absolute atomic E-state index is 12.3. The Balaban J connectivity index is 2.33. The molecule has 1 fully saturated rings. The highest BCUT2D eigenvalue weighted by Crippen LogP contribution is 2.26. The smallest absolute Gasteiger partial charge is 0.326 e. The van der Waals surface area contributed by atoms with Gasteiger partial charge in [-0.15, -0.1) is 0 Å². The number of rotatable bonds is 2. The summed E-state index contributed by atoms with van der Waals surface area (Å²) in [6, 6.07) is 3.74. The van der Waals surface area contributed by atoms with Gasteiger partial charge in [-0.3, -0.25) is 4.79 Å². The number of hydrogen-bond acceptors (Lipinski definition) is 4. The zero-order chi connectivity index (χ0) is 14.2. The minimum atomic E-state index is -1.12. The molecule has 2 atom stereocenters. The van der Waals surface area contributed by atoms with Crippen molar-refractivity contribution in [1.29, 1.82) is 0 Å². The topological polar surface area (TPSA) is 104 Å². The number of β-amino-alcohol motifs (C(OH)–C–C–N with tert-alkyl or cyclic N) is 1. The van der Waals surface area contributed by atoms with Crippen molar-refractivity contribution in [2.45, 2.75) is 18.6 Å². The maximum atomic E-state index is 12.3. The normalized spacial score (nSPS) is 22.5. The Hall–Kier alpha value is -1.60. The van der Waals surface area contributed by atoms with Crippen LogP contribution in [0.4, 0.5) is 5.69 Å². The van der Waals surface area contributed by atoms with Crippen LogP contribution in [-0.2, 0) is 4.79 Å². The summed E-state index contributed by atoms with van der Waals surface area (Å²) in [5.74, 6) is -1.58. The van der Waals surface area contributed by atoms with Crippen molar-refractivity contribution in [1.82, 2.24) is 4.90 Å². The molecule has 0 aromatic heterocycles. The van der Waals surface area contributed by atoms with E-state index in [2.05, 4.69) is 15.9 Å². The van der Waals surface area contributed by atoms with Crippen LogP contribution in [0.1, 0.15) is 16.8 Å². The fourth-order valence-corrected chi connectivity index (χ4v) is 2.55. The number of carbonyl (C=O) groups is 2. The molecule has 7 heteroatoms. The van der Waals surface area contributed by atoms with Gasteiger partial charge in [-0.1, -0.05) is 0 Å². The highest BCUT2D eigenvalue weighted by atomic mass is 79.9. The Bertz CT molecular complexity index is 534. The number of aliphatic hydroxyl groups excluding tert-OH is 1. The largest absolute Gasteiger partial charge is 0.480 e. The van der Waals surface area contributed by atoms with E-state index in [0.29, 0.717) is 15.7 Å². The molecule has 1 aromatic rings. The van der Waals surface area contributed by atoms with Gasteiger partial charge < -0.3 is 20.8 Å². The van der Waals surface area contributed by atoms with E-state index < -0.39 is 24.0 Å². The number of nitrogens with two attached hydrogens (primary N) is 1. The van der Waals surface area contributed by atoms with E-state index in [4.69, 9.17) is 10.8 Å². The molecule has 1 aromatic carbocycles. The number of likely N-dealkylation sites (tertiary alicyclic amines) is 1. The van der Waals surface area contributed by atoms with Crippen molar-refractivity contribution in [3.8, 4) is 0 Å². The number of nitrogens with zero attached hydrogens (tertiary/aromatic N) is 1. The molecule has 102 valence electrons. The molecule has 1 aliphatic rings. The predicted octanol–water partition coefficient (Wildman–Crippen LogP) is 0.691. The molecule has 6 nitrogen and oxygen atoms in total. The molecule has 0 saturated carbocycles. The molecule has 1 heterocycles. The van der Waals surface area contributed by atoms with Crippen LogP contribution in [0.5, 0.6) is 0 Å². The molecule has 0 unspecified atom stereocenters. The number of amides is 1. The Morgan fingerprint density at radius 1 is 1.42 bits per heavy atom. The third kappa shape index (κ3) is 2.71. The van der Waals surface area contributed by atoms with E-state index in [-0.39, 0.29) is 13.0 Å². The molecule has 0 spiro atoms. The molecule has 0 radical (unpaired) electrons. The van der Waals surface area contributed by atoms with E-state index in [1.54, 1.807) is 12.1 Å². The zero-order valence-electron chi connectivity index (χ0n) is 9.91. The number of halogens is 1. The van der Waals surface area contributed by atoms with Gasteiger partial charge in [0.1, 0.15) is 6.04 Å². The van der Waals surface area contributed by atoms with Gasteiger partial charge in [0.15, 0.2) is 0 Å². The van der Waals surface area contributed by atoms with E-state index in [9.17, 15) is 14.7 Å². The number of carboxylic acids is 1. The lowest BCUT2D eigenvalue weighted by Crippen LogP contribution is -2.40. The van der Waals surface area contributed by atoms with Crippen LogP contribution in [0.25, 0.3) is 0 Å². The van der Waals surface area contributed by atoms with Gasteiger partial charge in [-0.05, 0) is 34.1 Å². The van der Waals surface area contributed by atoms with Crippen molar-refractivity contribution >= 4 is 33.5 Å². The minimum Gasteiger partial charge on any atom is -0.480 e. The molecule has 4 N–H and O–H groups in total. The number of benzene rings is 1. The summed E-state index contributed by atoms with van der Waals surface area (Å²) in [7, 11) is 0. The maximum Gasteiger partial charge on any atom is 0.326 e. The van der Waals surface area contributed by atoms with Gasteiger partial charge in [-0.25, -0.2) is 4.79 Å². The van der Waals surface area contributed by atoms with E-state index in [0.717, 1.165) is 4.90 Å². The first kappa shape index (κ1) is 13.8. The summed E-state index contributed by atoms with van der Waals surface area (Å²) in [6.07, 6.45) is -0.772. The number of anilines is 1. The monoisotopic (exact) mass is 328 g/mol. The fourth-order valence-electron chi connectivity index (χ4n) is 2.13. The second kappa shape index (κ2) is 5.18. The molecular formula is C12H13BrN2O4. The molecule has 0 bridgehead atoms. The fraction of sp³-hybridized carbons (Fsp3) is 0.333. The number of carboxylic acid groups (broad SMARTS) is 1. The van der Waals surface area contributed by atoms with Crippen LogP contribution >= 0.6 is 15.9 Å². The first-order chi connectivity index (χ1) is 8.90. The lowest BCUT2D eigenvalue weighted by Gasteiger charge is -2.21. The van der Waals surface area contributed by atoms with Gasteiger partial charge in [0.05, 0.1) is 11.7 Å². The van der Waals surface area contributed by atoms with Gasteiger partial charge in [-0.2, -0.15) is 0 Å². The Labute approximate surface area is 117 Å². The second-order valence-corrected chi connectivity index (χ2v) is 5.29. The van der Waals surface area contributed by atoms with Crippen LogP contribution in [0.2, 0.25) is 0 Å². The van der Waals surface area contributed by atoms with Crippen molar-refractivity contribution in [3.63, 3.8) is 0 Å². The van der Waals surface area contributed by atoms with Crippen LogP contribution < -0.4 is 5.73 Å². The van der Waals surface area contributed by atoms with Crippen molar-refractivity contribution in [2.24, 2.45) is 0 Å². The number of aliphatic carboxylic acids is 1. The predicted molar refractivity (Wildman–Crippen MR) is 71.6 cm³/mol. The molecule has 2 rings (SSSR count). The van der Waals surface area contributed by atoms with E-state index in [1.807, 2.05) is 0 Å². The summed E-state index contributed by atoms with van der Waals surface area (Å²) in [6.45, 7) is 0.0110. The first-order valence-corrected chi connectivity index (χ1v) is 6.46. The summed E-state index contributed by atoms with van der Waals surface area (Å²) >= 11 is 3.24. The van der Waals surface area contributed by atoms with Gasteiger partial charge in [0, 0.05) is 23.1 Å². The number of nitrogen functional groups attached to an aromatic ring is 1. The summed E-state index contributed by atoms with van der Waals surface area (Å²) < 4.78 is 0.539. The average Bonchev–Trinajstić information content (AvgIpc) is 2.74. The quantitative estimate of drug-likeness (QED) is 0.693. The van der Waals surface area contributed by atoms with Gasteiger partial charge >= 0.3 is 5.97 Å². The third-order valence-corrected chi connectivity index (χ3v) is 3.74. The van der Waals surface area contributed by atoms with E-state index in [1.165, 1.54) is 6.07 Å². The van der Waals surface area contributed by atoms with Crippen molar-refractivity contribution in [3.05, 3.63) is 28.2 Å². The van der Waals surface area contributed by atoms with Gasteiger partial charge in [0.25, 0.3) is 5.91 Å². The van der Waals surface area contributed by atoms with Crippen molar-refractivity contribution < 1.29 is 19.8 Å². The summed E-state index contributed by atoms with van der Waals surface area (Å²) in [5, 5.41) is 18.6. The van der Waals surface area contributed by atoms with Crippen LogP contribution in [-0.4, -0.2) is 45.7 Å². The molecule has 19 heavy (non-hydrogen) atoms. The average molecular weight is 329 g/mol. The molecule has 0 aliphatic carbocycles. The third-order valence-electron chi connectivity index (χ3n) is 3.05. The molecule has 1 saturated heterocycles. The number of carbonyl (C=O) groups excluding carboxylic acids is 1. The lowest BCUT2D eigenvalue weighted by atomic mass is 10.1.